The SMILES string of the molecule is CCCCCNCCc1ccc(-c2cc[nH]n2)cc1. The second kappa shape index (κ2) is 7.74. The number of nitrogens with one attached hydrogen (secondary N) is 2. The summed E-state index contributed by atoms with van der Waals surface area (Å²) in [5.41, 5.74) is 3.55. The minimum atomic E-state index is 1.00. The van der Waals surface area contributed by atoms with Gasteiger partial charge in [0.25, 0.3) is 0 Å². The van der Waals surface area contributed by atoms with Crippen LogP contribution in [0.15, 0.2) is 36.5 Å². The lowest BCUT2D eigenvalue weighted by molar-refractivity contribution is 0.617. The molecule has 3 heteroatoms. The van der Waals surface area contributed by atoms with Gasteiger partial charge in [-0.05, 0) is 37.6 Å². The highest BCUT2D eigenvalue weighted by Crippen LogP contribution is 2.16. The normalized spacial score (nSPS) is 10.8. The Morgan fingerprint density at radius 2 is 1.89 bits per heavy atom. The zero-order valence-corrected chi connectivity index (χ0v) is 11.7. The number of rotatable bonds is 8. The molecular formula is C16H23N3. The first-order valence-corrected chi connectivity index (χ1v) is 7.20. The van der Waals surface area contributed by atoms with E-state index in [2.05, 4.69) is 46.7 Å². The standard InChI is InChI=1S/C16H23N3/c1-2-3-4-11-17-12-9-14-5-7-15(8-6-14)16-10-13-18-19-16/h5-8,10,13,17H,2-4,9,11-12H2,1H3,(H,18,19). The molecule has 1 aromatic carbocycles. The maximum atomic E-state index is 4.18. The van der Waals surface area contributed by atoms with Crippen LogP contribution in [0, 0.1) is 0 Å². The molecule has 1 heterocycles. The van der Waals surface area contributed by atoms with Crippen LogP contribution < -0.4 is 5.32 Å². The van der Waals surface area contributed by atoms with Crippen molar-refractivity contribution >= 4 is 0 Å². The van der Waals surface area contributed by atoms with E-state index in [0.29, 0.717) is 0 Å². The van der Waals surface area contributed by atoms with Crippen molar-refractivity contribution in [3.63, 3.8) is 0 Å². The third-order valence-corrected chi connectivity index (χ3v) is 3.30. The molecule has 0 unspecified atom stereocenters. The van der Waals surface area contributed by atoms with E-state index in [-0.39, 0.29) is 0 Å². The van der Waals surface area contributed by atoms with Crippen molar-refractivity contribution < 1.29 is 0 Å². The van der Waals surface area contributed by atoms with Gasteiger partial charge in [0.1, 0.15) is 0 Å². The van der Waals surface area contributed by atoms with E-state index in [1.165, 1.54) is 30.4 Å². The molecule has 0 aliphatic heterocycles. The largest absolute Gasteiger partial charge is 0.316 e. The third kappa shape index (κ3) is 4.52. The van der Waals surface area contributed by atoms with Gasteiger partial charge >= 0.3 is 0 Å². The molecule has 2 rings (SSSR count). The fourth-order valence-electron chi connectivity index (χ4n) is 2.12. The highest BCUT2D eigenvalue weighted by molar-refractivity contribution is 5.58. The molecule has 2 N–H and O–H groups in total. The molecule has 0 aliphatic carbocycles. The highest BCUT2D eigenvalue weighted by Gasteiger charge is 1.99. The van der Waals surface area contributed by atoms with E-state index >= 15 is 0 Å². The quantitative estimate of drug-likeness (QED) is 0.712. The molecule has 0 saturated carbocycles. The predicted octanol–water partition coefficient (Wildman–Crippen LogP) is 3.40. The molecule has 2 aromatic rings. The van der Waals surface area contributed by atoms with Gasteiger partial charge in [-0.3, -0.25) is 5.10 Å². The van der Waals surface area contributed by atoms with Crippen molar-refractivity contribution in [2.24, 2.45) is 0 Å². The first-order chi connectivity index (χ1) is 9.40. The number of hydrogen-bond acceptors (Lipinski definition) is 2. The van der Waals surface area contributed by atoms with Gasteiger partial charge in [0.15, 0.2) is 0 Å². The van der Waals surface area contributed by atoms with Gasteiger partial charge in [0.05, 0.1) is 5.69 Å². The average molecular weight is 257 g/mol. The van der Waals surface area contributed by atoms with Gasteiger partial charge in [-0.2, -0.15) is 5.10 Å². The van der Waals surface area contributed by atoms with Crippen molar-refractivity contribution in [2.45, 2.75) is 32.6 Å². The van der Waals surface area contributed by atoms with Crippen LogP contribution in [0.2, 0.25) is 0 Å². The topological polar surface area (TPSA) is 40.7 Å². The molecule has 0 atom stereocenters. The van der Waals surface area contributed by atoms with Crippen LogP contribution in [0.25, 0.3) is 11.3 Å². The fourth-order valence-corrected chi connectivity index (χ4v) is 2.12. The first kappa shape index (κ1) is 13.8. The number of aromatic amines is 1. The van der Waals surface area contributed by atoms with Crippen molar-refractivity contribution in [1.29, 1.82) is 0 Å². The number of hydrogen-bond donors (Lipinski definition) is 2. The maximum Gasteiger partial charge on any atom is 0.0920 e. The van der Waals surface area contributed by atoms with E-state index in [0.717, 1.165) is 25.2 Å². The van der Waals surface area contributed by atoms with Crippen molar-refractivity contribution in [3.05, 3.63) is 42.1 Å². The van der Waals surface area contributed by atoms with Crippen molar-refractivity contribution in [3.8, 4) is 11.3 Å². The Hall–Kier alpha value is -1.61. The van der Waals surface area contributed by atoms with Gasteiger partial charge in [0.2, 0.25) is 0 Å². The number of nitrogens with zero attached hydrogens (tertiary/aromatic N) is 1. The van der Waals surface area contributed by atoms with Gasteiger partial charge in [-0.15, -0.1) is 0 Å². The van der Waals surface area contributed by atoms with E-state index < -0.39 is 0 Å². The van der Waals surface area contributed by atoms with E-state index in [4.69, 9.17) is 0 Å². The Kier molecular flexibility index (Phi) is 5.63. The van der Waals surface area contributed by atoms with Crippen molar-refractivity contribution in [1.82, 2.24) is 15.5 Å². The smallest absolute Gasteiger partial charge is 0.0920 e. The summed E-state index contributed by atoms with van der Waals surface area (Å²) >= 11 is 0. The average Bonchev–Trinajstić information content (AvgIpc) is 2.97. The Bertz CT molecular complexity index is 445. The third-order valence-electron chi connectivity index (χ3n) is 3.30. The molecule has 3 nitrogen and oxygen atoms in total. The molecule has 0 amide bonds. The second-order valence-corrected chi connectivity index (χ2v) is 4.86. The summed E-state index contributed by atoms with van der Waals surface area (Å²) in [4.78, 5) is 0. The first-order valence-electron chi connectivity index (χ1n) is 7.20. The highest BCUT2D eigenvalue weighted by atomic mass is 15.1. The lowest BCUT2D eigenvalue weighted by Crippen LogP contribution is -2.18. The Balaban J connectivity index is 1.73. The van der Waals surface area contributed by atoms with Gasteiger partial charge in [-0.25, -0.2) is 0 Å². The van der Waals surface area contributed by atoms with Crippen LogP contribution in [0.4, 0.5) is 0 Å². The van der Waals surface area contributed by atoms with E-state index in [9.17, 15) is 0 Å². The predicted molar refractivity (Wildman–Crippen MR) is 80.1 cm³/mol. The minimum absolute atomic E-state index is 1.00. The molecular weight excluding hydrogens is 234 g/mol. The molecule has 0 fully saturated rings. The molecule has 19 heavy (non-hydrogen) atoms. The number of unbranched alkanes of at least 4 members (excludes halogenated alkanes) is 2. The van der Waals surface area contributed by atoms with Gasteiger partial charge < -0.3 is 5.32 Å². The Morgan fingerprint density at radius 3 is 2.58 bits per heavy atom. The maximum absolute atomic E-state index is 4.18. The molecule has 0 radical (unpaired) electrons. The minimum Gasteiger partial charge on any atom is -0.316 e. The second-order valence-electron chi connectivity index (χ2n) is 4.86. The lowest BCUT2D eigenvalue weighted by atomic mass is 10.1. The van der Waals surface area contributed by atoms with Crippen LogP contribution in [0.3, 0.4) is 0 Å². The molecule has 1 aromatic heterocycles. The molecule has 102 valence electrons. The number of H-pyrrole nitrogens is 1. The summed E-state index contributed by atoms with van der Waals surface area (Å²) in [5, 5.41) is 10.5. The Morgan fingerprint density at radius 1 is 1.05 bits per heavy atom. The lowest BCUT2D eigenvalue weighted by Gasteiger charge is -2.05. The number of benzene rings is 1. The zero-order valence-electron chi connectivity index (χ0n) is 11.7. The van der Waals surface area contributed by atoms with Crippen LogP contribution in [0.5, 0.6) is 0 Å². The summed E-state index contributed by atoms with van der Waals surface area (Å²) in [6.45, 7) is 4.44. The number of aromatic nitrogens is 2. The molecule has 0 saturated heterocycles. The summed E-state index contributed by atoms with van der Waals surface area (Å²) < 4.78 is 0. The van der Waals surface area contributed by atoms with Crippen LogP contribution in [0.1, 0.15) is 31.7 Å². The van der Waals surface area contributed by atoms with Crippen LogP contribution in [-0.4, -0.2) is 23.3 Å². The molecule has 0 bridgehead atoms. The Labute approximate surface area is 115 Å². The molecule has 0 spiro atoms. The van der Waals surface area contributed by atoms with Crippen molar-refractivity contribution in [2.75, 3.05) is 13.1 Å². The zero-order chi connectivity index (χ0) is 13.3. The van der Waals surface area contributed by atoms with Gasteiger partial charge in [-0.1, -0.05) is 44.0 Å². The summed E-state index contributed by atoms with van der Waals surface area (Å²) in [7, 11) is 0. The van der Waals surface area contributed by atoms with E-state index in [1.807, 2.05) is 12.3 Å². The fraction of sp³-hybridized carbons (Fsp3) is 0.438. The van der Waals surface area contributed by atoms with Crippen LogP contribution >= 0.6 is 0 Å². The van der Waals surface area contributed by atoms with Gasteiger partial charge in [0, 0.05) is 11.8 Å². The van der Waals surface area contributed by atoms with E-state index in [1.54, 1.807) is 0 Å². The summed E-state index contributed by atoms with van der Waals surface area (Å²) in [6, 6.07) is 10.7. The van der Waals surface area contributed by atoms with Crippen LogP contribution in [-0.2, 0) is 6.42 Å². The summed E-state index contributed by atoms with van der Waals surface area (Å²) in [5.74, 6) is 0. The summed E-state index contributed by atoms with van der Waals surface area (Å²) in [6.07, 6.45) is 6.84. The molecule has 0 aliphatic rings. The monoisotopic (exact) mass is 257 g/mol.